The lowest BCUT2D eigenvalue weighted by molar-refractivity contribution is 0.0897. The van der Waals surface area contributed by atoms with E-state index >= 15 is 0 Å². The lowest BCUT2D eigenvalue weighted by atomic mass is 10.0. The van der Waals surface area contributed by atoms with E-state index in [2.05, 4.69) is 42.9 Å². The zero-order valence-electron chi connectivity index (χ0n) is 15.1. The molecular weight excluding hydrogens is 300 g/mol. The van der Waals surface area contributed by atoms with Gasteiger partial charge in [0.1, 0.15) is 5.82 Å². The second-order valence-electron chi connectivity index (χ2n) is 7.31. The number of amides is 1. The molecule has 3 rings (SSSR count). The van der Waals surface area contributed by atoms with Crippen molar-refractivity contribution >= 4 is 11.4 Å². The number of fused-ring (bicyclic) bond motifs is 1. The predicted molar refractivity (Wildman–Crippen MR) is 96.5 cm³/mol. The van der Waals surface area contributed by atoms with Crippen LogP contribution in [0.5, 0.6) is 0 Å². The Kier molecular flexibility index (Phi) is 4.90. The van der Waals surface area contributed by atoms with E-state index in [0.29, 0.717) is 11.7 Å². The molecule has 130 valence electrons. The van der Waals surface area contributed by atoms with E-state index in [0.717, 1.165) is 37.3 Å². The number of likely N-dealkylation sites (tertiary alicyclic amines) is 1. The van der Waals surface area contributed by atoms with E-state index in [1.807, 2.05) is 28.8 Å². The van der Waals surface area contributed by atoms with Crippen molar-refractivity contribution in [1.82, 2.24) is 19.6 Å². The molecule has 24 heavy (non-hydrogen) atoms. The fourth-order valence-electron chi connectivity index (χ4n) is 3.45. The zero-order valence-corrected chi connectivity index (χ0v) is 15.1. The molecule has 5 nitrogen and oxygen atoms in total. The Morgan fingerprint density at radius 3 is 2.54 bits per heavy atom. The molecule has 0 unspecified atom stereocenters. The number of carbonyl (C=O) groups is 1. The average Bonchev–Trinajstić information content (AvgIpc) is 2.95. The van der Waals surface area contributed by atoms with Crippen LogP contribution in [0.4, 0.5) is 0 Å². The van der Waals surface area contributed by atoms with E-state index in [4.69, 9.17) is 0 Å². The molecule has 0 bridgehead atoms. The van der Waals surface area contributed by atoms with Gasteiger partial charge in [0.25, 0.3) is 5.91 Å². The van der Waals surface area contributed by atoms with Gasteiger partial charge >= 0.3 is 0 Å². The topological polar surface area (TPSA) is 49.6 Å². The molecule has 0 radical (unpaired) electrons. The third-order valence-corrected chi connectivity index (χ3v) is 4.90. The van der Waals surface area contributed by atoms with Crippen LogP contribution in [0, 0.1) is 0 Å². The van der Waals surface area contributed by atoms with Crippen molar-refractivity contribution < 1.29 is 4.79 Å². The van der Waals surface area contributed by atoms with E-state index in [1.165, 1.54) is 0 Å². The minimum atomic E-state index is -0.0476. The molecule has 3 heterocycles. The minimum Gasteiger partial charge on any atom is -0.348 e. The van der Waals surface area contributed by atoms with Gasteiger partial charge < -0.3 is 14.6 Å². The number of nitrogens with one attached hydrogen (secondary N) is 1. The van der Waals surface area contributed by atoms with Crippen LogP contribution >= 0.6 is 0 Å². The van der Waals surface area contributed by atoms with Gasteiger partial charge in [0.05, 0.1) is 5.52 Å². The van der Waals surface area contributed by atoms with Gasteiger partial charge in [-0.15, -0.1) is 0 Å². The van der Waals surface area contributed by atoms with Crippen molar-refractivity contribution in [2.75, 3.05) is 13.1 Å². The number of piperidine rings is 1. The molecule has 5 heteroatoms. The number of pyridine rings is 1. The SMILES string of the molecule is CC(C)c1nc(C(=O)NC2CCN(C(C)C)CC2)c2ccccn12. The molecule has 0 saturated carbocycles. The second-order valence-corrected chi connectivity index (χ2v) is 7.31. The van der Waals surface area contributed by atoms with E-state index < -0.39 is 0 Å². The Morgan fingerprint density at radius 2 is 1.92 bits per heavy atom. The number of rotatable bonds is 4. The maximum Gasteiger partial charge on any atom is 0.272 e. The molecule has 1 N–H and O–H groups in total. The number of carbonyl (C=O) groups excluding carboxylic acids is 1. The quantitative estimate of drug-likeness (QED) is 0.938. The van der Waals surface area contributed by atoms with E-state index in [-0.39, 0.29) is 17.9 Å². The highest BCUT2D eigenvalue weighted by Crippen LogP contribution is 2.20. The molecule has 2 aromatic rings. The summed E-state index contributed by atoms with van der Waals surface area (Å²) in [7, 11) is 0. The van der Waals surface area contributed by atoms with Crippen LogP contribution in [0.25, 0.3) is 5.52 Å². The molecule has 1 aliphatic rings. The van der Waals surface area contributed by atoms with Crippen molar-refractivity contribution in [3.63, 3.8) is 0 Å². The molecule has 2 aromatic heterocycles. The lowest BCUT2D eigenvalue weighted by Gasteiger charge is -2.34. The first-order valence-electron chi connectivity index (χ1n) is 8.99. The third-order valence-electron chi connectivity index (χ3n) is 4.90. The van der Waals surface area contributed by atoms with Gasteiger partial charge in [-0.25, -0.2) is 4.98 Å². The minimum absolute atomic E-state index is 0.0476. The molecular formula is C19H28N4O. The van der Waals surface area contributed by atoms with Crippen LogP contribution in [0.3, 0.4) is 0 Å². The molecule has 1 aliphatic heterocycles. The summed E-state index contributed by atoms with van der Waals surface area (Å²) in [5, 5.41) is 3.20. The highest BCUT2D eigenvalue weighted by molar-refractivity contribution is 5.99. The van der Waals surface area contributed by atoms with Gasteiger partial charge in [0.2, 0.25) is 0 Å². The van der Waals surface area contributed by atoms with Gasteiger partial charge in [0.15, 0.2) is 5.69 Å². The number of imidazole rings is 1. The van der Waals surface area contributed by atoms with Crippen LogP contribution in [-0.4, -0.2) is 45.4 Å². The van der Waals surface area contributed by atoms with Crippen molar-refractivity contribution in [1.29, 1.82) is 0 Å². The molecule has 1 saturated heterocycles. The van der Waals surface area contributed by atoms with Crippen LogP contribution in [0.2, 0.25) is 0 Å². The summed E-state index contributed by atoms with van der Waals surface area (Å²) in [6, 6.07) is 6.72. The first-order valence-corrected chi connectivity index (χ1v) is 8.99. The Balaban J connectivity index is 1.75. The molecule has 0 atom stereocenters. The molecule has 1 amide bonds. The van der Waals surface area contributed by atoms with Crippen LogP contribution in [-0.2, 0) is 0 Å². The summed E-state index contributed by atoms with van der Waals surface area (Å²) in [4.78, 5) is 19.9. The third kappa shape index (κ3) is 3.31. The smallest absolute Gasteiger partial charge is 0.272 e. The first kappa shape index (κ1) is 17.0. The van der Waals surface area contributed by atoms with E-state index in [9.17, 15) is 4.79 Å². The molecule has 0 aliphatic carbocycles. The van der Waals surface area contributed by atoms with Crippen molar-refractivity contribution in [2.45, 2.75) is 58.5 Å². The Labute approximate surface area is 144 Å². The van der Waals surface area contributed by atoms with Crippen LogP contribution in [0.1, 0.15) is 62.8 Å². The number of nitrogens with zero attached hydrogens (tertiary/aromatic N) is 3. The largest absolute Gasteiger partial charge is 0.348 e. The summed E-state index contributed by atoms with van der Waals surface area (Å²) in [6.45, 7) is 10.7. The fourth-order valence-corrected chi connectivity index (χ4v) is 3.45. The molecule has 0 spiro atoms. The fraction of sp³-hybridized carbons (Fsp3) is 0.579. The maximum atomic E-state index is 12.8. The zero-order chi connectivity index (χ0) is 17.3. The van der Waals surface area contributed by atoms with Gasteiger partial charge in [-0.2, -0.15) is 0 Å². The Bertz CT molecular complexity index is 711. The maximum absolute atomic E-state index is 12.8. The van der Waals surface area contributed by atoms with Gasteiger partial charge in [-0.1, -0.05) is 19.9 Å². The highest BCUT2D eigenvalue weighted by atomic mass is 16.2. The summed E-state index contributed by atoms with van der Waals surface area (Å²) < 4.78 is 2.03. The normalized spacial score (nSPS) is 17.1. The Morgan fingerprint density at radius 1 is 1.21 bits per heavy atom. The summed E-state index contributed by atoms with van der Waals surface area (Å²) in [5.41, 5.74) is 1.43. The van der Waals surface area contributed by atoms with Crippen molar-refractivity contribution in [2.24, 2.45) is 0 Å². The van der Waals surface area contributed by atoms with Crippen molar-refractivity contribution in [3.05, 3.63) is 35.9 Å². The number of hydrogen-bond acceptors (Lipinski definition) is 3. The standard InChI is InChI=1S/C19H28N4O/c1-13(2)18-21-17(16-7-5-6-10-23(16)18)19(24)20-15-8-11-22(12-9-15)14(3)4/h5-7,10,13-15H,8-9,11-12H2,1-4H3,(H,20,24). The van der Waals surface area contributed by atoms with Gasteiger partial charge in [-0.05, 0) is 38.8 Å². The average molecular weight is 328 g/mol. The summed E-state index contributed by atoms with van der Waals surface area (Å²) >= 11 is 0. The number of hydrogen-bond donors (Lipinski definition) is 1. The predicted octanol–water partition coefficient (Wildman–Crippen LogP) is 3.06. The van der Waals surface area contributed by atoms with E-state index in [1.54, 1.807) is 0 Å². The molecule has 0 aromatic carbocycles. The summed E-state index contributed by atoms with van der Waals surface area (Å²) in [5.74, 6) is 1.16. The first-order chi connectivity index (χ1) is 11.5. The lowest BCUT2D eigenvalue weighted by Crippen LogP contribution is -2.46. The second kappa shape index (κ2) is 6.93. The number of aromatic nitrogens is 2. The van der Waals surface area contributed by atoms with Crippen molar-refractivity contribution in [3.8, 4) is 0 Å². The van der Waals surface area contributed by atoms with Gasteiger partial charge in [0, 0.05) is 37.3 Å². The van der Waals surface area contributed by atoms with Crippen LogP contribution < -0.4 is 5.32 Å². The highest BCUT2D eigenvalue weighted by Gasteiger charge is 2.25. The Hall–Kier alpha value is -1.88. The summed E-state index contributed by atoms with van der Waals surface area (Å²) in [6.07, 6.45) is 4.00. The van der Waals surface area contributed by atoms with Gasteiger partial charge in [-0.3, -0.25) is 4.79 Å². The van der Waals surface area contributed by atoms with Crippen LogP contribution in [0.15, 0.2) is 24.4 Å². The monoisotopic (exact) mass is 328 g/mol. The molecule has 1 fully saturated rings.